The summed E-state index contributed by atoms with van der Waals surface area (Å²) in [4.78, 5) is 39.3. The lowest BCUT2D eigenvalue weighted by Gasteiger charge is -2.36. The Morgan fingerprint density at radius 1 is 0.943 bits per heavy atom. The van der Waals surface area contributed by atoms with Gasteiger partial charge in [-0.05, 0) is 42.0 Å². The van der Waals surface area contributed by atoms with E-state index in [1.807, 2.05) is 41.3 Å². The minimum atomic E-state index is -0.484. The number of amides is 2. The van der Waals surface area contributed by atoms with E-state index >= 15 is 0 Å². The number of carbonyl (C=O) groups excluding carboxylic acids is 2. The van der Waals surface area contributed by atoms with Crippen LogP contribution in [0.15, 0.2) is 78.9 Å². The molecule has 2 amide bonds. The molecule has 3 aromatic rings. The number of nitrogens with one attached hydrogen (secondary N) is 1. The van der Waals surface area contributed by atoms with Crippen LogP contribution in [0, 0.1) is 10.1 Å². The number of carbonyl (C=O) groups is 2. The van der Waals surface area contributed by atoms with E-state index in [4.69, 9.17) is 11.6 Å². The fraction of sp³-hybridized carbons (Fsp3) is 0.154. The molecule has 8 nitrogen and oxygen atoms in total. The topological polar surface area (TPSA) is 95.8 Å². The standard InChI is InChI=1S/C26H23ClN4O4/c27-23-18-21(28-25(32)12-9-19-5-4-8-22(17-19)31(34)35)10-11-24(23)29-13-15-30(16-14-29)26(33)20-6-2-1-3-7-20/h1-12,17-18H,13-16H2,(H,28,32). The second kappa shape index (κ2) is 10.8. The van der Waals surface area contributed by atoms with Gasteiger partial charge in [-0.3, -0.25) is 19.7 Å². The van der Waals surface area contributed by atoms with Crippen molar-refractivity contribution in [2.45, 2.75) is 0 Å². The molecule has 1 N–H and O–H groups in total. The normalized spacial score (nSPS) is 13.6. The molecule has 0 spiro atoms. The molecule has 0 atom stereocenters. The van der Waals surface area contributed by atoms with Crippen molar-refractivity contribution in [1.82, 2.24) is 4.90 Å². The van der Waals surface area contributed by atoms with Crippen molar-refractivity contribution < 1.29 is 14.5 Å². The molecule has 0 unspecified atom stereocenters. The van der Waals surface area contributed by atoms with Crippen molar-refractivity contribution in [2.75, 3.05) is 36.4 Å². The van der Waals surface area contributed by atoms with Crippen molar-refractivity contribution in [3.05, 3.63) is 105 Å². The SMILES string of the molecule is O=C(C=Cc1cccc([N+](=O)[O-])c1)Nc1ccc(N2CCN(C(=O)c3ccccc3)CC2)c(Cl)c1. The summed E-state index contributed by atoms with van der Waals surface area (Å²) in [6, 6.07) is 20.5. The maximum Gasteiger partial charge on any atom is 0.270 e. The third-order valence-electron chi connectivity index (χ3n) is 5.65. The molecular weight excluding hydrogens is 468 g/mol. The lowest BCUT2D eigenvalue weighted by atomic mass is 10.1. The minimum Gasteiger partial charge on any atom is -0.367 e. The fourth-order valence-electron chi connectivity index (χ4n) is 3.85. The lowest BCUT2D eigenvalue weighted by molar-refractivity contribution is -0.384. The van der Waals surface area contributed by atoms with Crippen molar-refractivity contribution >= 4 is 46.6 Å². The Hall–Kier alpha value is -4.17. The molecular formula is C26H23ClN4O4. The summed E-state index contributed by atoms with van der Waals surface area (Å²) >= 11 is 6.51. The number of non-ortho nitro benzene ring substituents is 1. The zero-order valence-electron chi connectivity index (χ0n) is 18.8. The quantitative estimate of drug-likeness (QED) is 0.302. The number of rotatable bonds is 6. The minimum absolute atomic E-state index is 0.0209. The summed E-state index contributed by atoms with van der Waals surface area (Å²) in [5.41, 5.74) is 2.56. The van der Waals surface area contributed by atoms with E-state index in [-0.39, 0.29) is 17.5 Å². The summed E-state index contributed by atoms with van der Waals surface area (Å²) in [6.07, 6.45) is 2.82. The Labute approximate surface area is 207 Å². The van der Waals surface area contributed by atoms with Crippen LogP contribution >= 0.6 is 11.6 Å². The van der Waals surface area contributed by atoms with Crippen molar-refractivity contribution in [3.63, 3.8) is 0 Å². The highest BCUT2D eigenvalue weighted by atomic mass is 35.5. The highest BCUT2D eigenvalue weighted by Gasteiger charge is 2.23. The lowest BCUT2D eigenvalue weighted by Crippen LogP contribution is -2.48. The van der Waals surface area contributed by atoms with Gasteiger partial charge in [0.2, 0.25) is 5.91 Å². The Kier molecular flexibility index (Phi) is 7.42. The number of nitrogens with zero attached hydrogens (tertiary/aromatic N) is 3. The molecule has 0 aliphatic carbocycles. The zero-order valence-corrected chi connectivity index (χ0v) is 19.5. The molecule has 3 aromatic carbocycles. The monoisotopic (exact) mass is 490 g/mol. The van der Waals surface area contributed by atoms with Gasteiger partial charge < -0.3 is 15.1 Å². The van der Waals surface area contributed by atoms with Gasteiger partial charge in [-0.15, -0.1) is 0 Å². The van der Waals surface area contributed by atoms with Crippen molar-refractivity contribution in [3.8, 4) is 0 Å². The number of hydrogen-bond donors (Lipinski definition) is 1. The van der Waals surface area contributed by atoms with Crippen LogP contribution in [-0.4, -0.2) is 47.8 Å². The molecule has 178 valence electrons. The van der Waals surface area contributed by atoms with E-state index in [1.165, 1.54) is 24.3 Å². The third-order valence-corrected chi connectivity index (χ3v) is 5.95. The van der Waals surface area contributed by atoms with Crippen LogP contribution in [0.4, 0.5) is 17.1 Å². The molecule has 1 heterocycles. The first-order valence-electron chi connectivity index (χ1n) is 11.0. The van der Waals surface area contributed by atoms with Crippen LogP contribution in [0.3, 0.4) is 0 Å². The van der Waals surface area contributed by atoms with Crippen LogP contribution in [0.1, 0.15) is 15.9 Å². The van der Waals surface area contributed by atoms with E-state index in [9.17, 15) is 19.7 Å². The number of anilines is 2. The summed E-state index contributed by atoms with van der Waals surface area (Å²) in [5, 5.41) is 14.1. The second-order valence-electron chi connectivity index (χ2n) is 7.99. The van der Waals surface area contributed by atoms with E-state index < -0.39 is 4.92 Å². The maximum atomic E-state index is 12.7. The Morgan fingerprint density at radius 3 is 2.37 bits per heavy atom. The molecule has 1 saturated heterocycles. The number of benzene rings is 3. The second-order valence-corrected chi connectivity index (χ2v) is 8.39. The predicted molar refractivity (Wildman–Crippen MR) is 137 cm³/mol. The van der Waals surface area contributed by atoms with Gasteiger partial charge in [0, 0.05) is 55.6 Å². The smallest absolute Gasteiger partial charge is 0.270 e. The van der Waals surface area contributed by atoms with Gasteiger partial charge in [-0.25, -0.2) is 0 Å². The van der Waals surface area contributed by atoms with Gasteiger partial charge >= 0.3 is 0 Å². The van der Waals surface area contributed by atoms with Crippen molar-refractivity contribution in [1.29, 1.82) is 0 Å². The number of piperazine rings is 1. The number of halogens is 1. The van der Waals surface area contributed by atoms with Gasteiger partial charge in [0.15, 0.2) is 0 Å². The zero-order chi connectivity index (χ0) is 24.8. The summed E-state index contributed by atoms with van der Waals surface area (Å²) in [6.45, 7) is 2.47. The van der Waals surface area contributed by atoms with Gasteiger partial charge in [0.1, 0.15) is 0 Å². The molecule has 0 bridgehead atoms. The van der Waals surface area contributed by atoms with Gasteiger partial charge in [-0.2, -0.15) is 0 Å². The van der Waals surface area contributed by atoms with Crippen molar-refractivity contribution in [2.24, 2.45) is 0 Å². The first-order valence-corrected chi connectivity index (χ1v) is 11.4. The average molecular weight is 491 g/mol. The Balaban J connectivity index is 1.34. The summed E-state index contributed by atoms with van der Waals surface area (Å²) in [5.74, 6) is -0.360. The Bertz CT molecular complexity index is 1270. The van der Waals surface area contributed by atoms with E-state index in [0.29, 0.717) is 48.0 Å². The van der Waals surface area contributed by atoms with Crippen LogP contribution in [0.25, 0.3) is 6.08 Å². The number of nitro groups is 1. The third kappa shape index (κ3) is 6.04. The molecule has 9 heteroatoms. The highest BCUT2D eigenvalue weighted by molar-refractivity contribution is 6.33. The maximum absolute atomic E-state index is 12.7. The van der Waals surface area contributed by atoms with E-state index in [2.05, 4.69) is 10.2 Å². The van der Waals surface area contributed by atoms with Crippen LogP contribution in [0.5, 0.6) is 0 Å². The molecule has 4 rings (SSSR count). The Morgan fingerprint density at radius 2 is 1.69 bits per heavy atom. The molecule has 0 radical (unpaired) electrons. The number of nitro benzene ring substituents is 1. The molecule has 0 saturated carbocycles. The summed E-state index contributed by atoms with van der Waals surface area (Å²) < 4.78 is 0. The predicted octanol–water partition coefficient (Wildman–Crippen LogP) is 4.86. The van der Waals surface area contributed by atoms with Gasteiger partial charge in [0.25, 0.3) is 11.6 Å². The molecule has 1 fully saturated rings. The van der Waals surface area contributed by atoms with Gasteiger partial charge in [-0.1, -0.05) is 41.9 Å². The van der Waals surface area contributed by atoms with Gasteiger partial charge in [0.05, 0.1) is 15.6 Å². The largest absolute Gasteiger partial charge is 0.367 e. The highest BCUT2D eigenvalue weighted by Crippen LogP contribution is 2.30. The molecule has 0 aromatic heterocycles. The van der Waals surface area contributed by atoms with E-state index in [0.717, 1.165) is 5.69 Å². The molecule has 35 heavy (non-hydrogen) atoms. The van der Waals surface area contributed by atoms with E-state index in [1.54, 1.807) is 24.3 Å². The van der Waals surface area contributed by atoms with Crippen LogP contribution in [0.2, 0.25) is 5.02 Å². The van der Waals surface area contributed by atoms with Crippen LogP contribution < -0.4 is 10.2 Å². The number of hydrogen-bond acceptors (Lipinski definition) is 5. The molecule has 1 aliphatic rings. The first kappa shape index (κ1) is 24.0. The molecule has 1 aliphatic heterocycles. The first-order chi connectivity index (χ1) is 16.9. The fourth-order valence-corrected chi connectivity index (χ4v) is 4.15. The van der Waals surface area contributed by atoms with Crippen LogP contribution in [-0.2, 0) is 4.79 Å². The summed E-state index contributed by atoms with van der Waals surface area (Å²) in [7, 11) is 0. The average Bonchev–Trinajstić information content (AvgIpc) is 2.88.